The molecule has 0 N–H and O–H groups in total. The highest BCUT2D eigenvalue weighted by atomic mass is 79.9. The van der Waals surface area contributed by atoms with E-state index in [-0.39, 0.29) is 10.7 Å². The highest BCUT2D eigenvalue weighted by molar-refractivity contribution is 9.11. The molecule has 2 aromatic rings. The predicted octanol–water partition coefficient (Wildman–Crippen LogP) is 3.78. The van der Waals surface area contributed by atoms with Gasteiger partial charge in [0.15, 0.2) is 15.6 Å². The molecule has 1 aromatic carbocycles. The summed E-state index contributed by atoms with van der Waals surface area (Å²) in [6.07, 6.45) is 0. The molecule has 0 atom stereocenters. The van der Waals surface area contributed by atoms with Crippen molar-refractivity contribution in [2.24, 2.45) is 0 Å². The number of hydrogen-bond acceptors (Lipinski definition) is 4. The predicted molar refractivity (Wildman–Crippen MR) is 84.3 cm³/mol. The van der Waals surface area contributed by atoms with Gasteiger partial charge in [-0.3, -0.25) is 4.79 Å². The number of aryl methyl sites for hydroxylation is 2. The fourth-order valence-electron chi connectivity index (χ4n) is 1.93. The summed E-state index contributed by atoms with van der Waals surface area (Å²) in [5.74, 6) is -0.871. The SMILES string of the molecule is Cc1ccc(S(=O)(=O)CC(=O)c2ccc(Br)s2)c(C)c1. The fraction of sp³-hybridized carbons (Fsp3) is 0.214. The maximum absolute atomic E-state index is 12.3. The number of hydrogen-bond donors (Lipinski definition) is 0. The van der Waals surface area contributed by atoms with Gasteiger partial charge in [-0.15, -0.1) is 11.3 Å². The lowest BCUT2D eigenvalue weighted by molar-refractivity contribution is 0.102. The van der Waals surface area contributed by atoms with E-state index >= 15 is 0 Å². The fourth-order valence-corrected chi connectivity index (χ4v) is 4.83. The van der Waals surface area contributed by atoms with Gasteiger partial charge < -0.3 is 0 Å². The van der Waals surface area contributed by atoms with Gasteiger partial charge in [-0.05, 0) is 53.5 Å². The van der Waals surface area contributed by atoms with E-state index in [0.717, 1.165) is 9.35 Å². The van der Waals surface area contributed by atoms with Crippen molar-refractivity contribution in [3.05, 3.63) is 50.1 Å². The maximum atomic E-state index is 12.3. The van der Waals surface area contributed by atoms with Gasteiger partial charge in [0.25, 0.3) is 0 Å². The summed E-state index contributed by atoms with van der Waals surface area (Å²) in [5.41, 5.74) is 1.67. The van der Waals surface area contributed by atoms with Crippen molar-refractivity contribution in [2.45, 2.75) is 18.7 Å². The summed E-state index contributed by atoms with van der Waals surface area (Å²) in [6.45, 7) is 3.64. The molecule has 0 radical (unpaired) electrons. The summed E-state index contributed by atoms with van der Waals surface area (Å²) in [5, 5.41) is 0. The zero-order valence-corrected chi connectivity index (χ0v) is 14.2. The van der Waals surface area contributed by atoms with Crippen molar-refractivity contribution < 1.29 is 13.2 Å². The van der Waals surface area contributed by atoms with Crippen LogP contribution < -0.4 is 0 Å². The second kappa shape index (κ2) is 5.79. The van der Waals surface area contributed by atoms with Gasteiger partial charge in [0.2, 0.25) is 0 Å². The Balaban J connectivity index is 2.29. The molecule has 0 aliphatic heterocycles. The average Bonchev–Trinajstić information content (AvgIpc) is 2.74. The van der Waals surface area contributed by atoms with Crippen LogP contribution in [0.15, 0.2) is 39.0 Å². The smallest absolute Gasteiger partial charge is 0.188 e. The van der Waals surface area contributed by atoms with Gasteiger partial charge in [0.1, 0.15) is 5.75 Å². The average molecular weight is 373 g/mol. The van der Waals surface area contributed by atoms with Crippen LogP contribution in [0.5, 0.6) is 0 Å². The van der Waals surface area contributed by atoms with Gasteiger partial charge in [-0.25, -0.2) is 8.42 Å². The van der Waals surface area contributed by atoms with E-state index in [9.17, 15) is 13.2 Å². The molecular weight excluding hydrogens is 360 g/mol. The molecule has 0 unspecified atom stereocenters. The van der Waals surface area contributed by atoms with Crippen LogP contribution in [0.25, 0.3) is 0 Å². The summed E-state index contributed by atoms with van der Waals surface area (Å²) in [4.78, 5) is 12.7. The third-order valence-corrected chi connectivity index (χ3v) is 6.27. The first kappa shape index (κ1) is 15.4. The number of thiophene rings is 1. The Bertz CT molecular complexity index is 760. The molecule has 106 valence electrons. The third kappa shape index (κ3) is 3.37. The molecular formula is C14H13BrO3S2. The lowest BCUT2D eigenvalue weighted by atomic mass is 10.2. The Hall–Kier alpha value is -0.980. The zero-order chi connectivity index (χ0) is 14.9. The highest BCUT2D eigenvalue weighted by Crippen LogP contribution is 2.24. The second-order valence-corrected chi connectivity index (χ2v) is 8.98. The number of halogens is 1. The van der Waals surface area contributed by atoms with Crippen LogP contribution in [-0.4, -0.2) is 20.0 Å². The standard InChI is InChI=1S/C14H13BrO3S2/c1-9-3-5-13(10(2)7-9)20(17,18)8-11(16)12-4-6-14(15)19-12/h3-7H,8H2,1-2H3. The quantitative estimate of drug-likeness (QED) is 0.767. The van der Waals surface area contributed by atoms with Crippen molar-refractivity contribution in [3.8, 4) is 0 Å². The van der Waals surface area contributed by atoms with Crippen LogP contribution in [0.4, 0.5) is 0 Å². The Kier molecular flexibility index (Phi) is 4.46. The molecule has 0 saturated heterocycles. The minimum atomic E-state index is -3.60. The molecule has 2 rings (SSSR count). The second-order valence-electron chi connectivity index (χ2n) is 4.55. The maximum Gasteiger partial charge on any atom is 0.188 e. The van der Waals surface area contributed by atoms with Crippen molar-refractivity contribution >= 4 is 42.9 Å². The number of benzene rings is 1. The van der Waals surface area contributed by atoms with E-state index in [1.54, 1.807) is 37.3 Å². The molecule has 6 heteroatoms. The van der Waals surface area contributed by atoms with Gasteiger partial charge in [0, 0.05) is 0 Å². The molecule has 0 saturated carbocycles. The minimum Gasteiger partial charge on any atom is -0.292 e. The molecule has 0 aliphatic carbocycles. The van der Waals surface area contributed by atoms with Crippen molar-refractivity contribution in [3.63, 3.8) is 0 Å². The van der Waals surface area contributed by atoms with Crippen LogP contribution in [0, 0.1) is 13.8 Å². The van der Waals surface area contributed by atoms with Crippen molar-refractivity contribution in [1.29, 1.82) is 0 Å². The topological polar surface area (TPSA) is 51.2 Å². The Labute approximate surface area is 130 Å². The van der Waals surface area contributed by atoms with Crippen LogP contribution in [0.1, 0.15) is 20.8 Å². The first-order chi connectivity index (χ1) is 9.29. The number of carbonyl (C=O) groups is 1. The largest absolute Gasteiger partial charge is 0.292 e. The van der Waals surface area contributed by atoms with Crippen LogP contribution in [0.3, 0.4) is 0 Å². The number of sulfone groups is 1. The van der Waals surface area contributed by atoms with Crippen LogP contribution >= 0.6 is 27.3 Å². The first-order valence-corrected chi connectivity index (χ1v) is 9.14. The number of ketones is 1. The lowest BCUT2D eigenvalue weighted by Crippen LogP contribution is -2.16. The molecule has 1 aromatic heterocycles. The minimum absolute atomic E-state index is 0.229. The lowest BCUT2D eigenvalue weighted by Gasteiger charge is -2.07. The van der Waals surface area contributed by atoms with E-state index in [1.807, 2.05) is 6.92 Å². The van der Waals surface area contributed by atoms with E-state index in [2.05, 4.69) is 15.9 Å². The van der Waals surface area contributed by atoms with E-state index in [0.29, 0.717) is 10.4 Å². The molecule has 0 spiro atoms. The van der Waals surface area contributed by atoms with E-state index < -0.39 is 15.6 Å². The summed E-state index contributed by atoms with van der Waals surface area (Å²) < 4.78 is 25.5. The molecule has 3 nitrogen and oxygen atoms in total. The Morgan fingerprint density at radius 2 is 1.90 bits per heavy atom. The molecule has 1 heterocycles. The van der Waals surface area contributed by atoms with Gasteiger partial charge in [-0.1, -0.05) is 17.7 Å². The third-order valence-electron chi connectivity index (χ3n) is 2.83. The first-order valence-electron chi connectivity index (χ1n) is 5.88. The summed E-state index contributed by atoms with van der Waals surface area (Å²) in [6, 6.07) is 8.49. The number of rotatable bonds is 4. The van der Waals surface area contributed by atoms with Crippen LogP contribution in [-0.2, 0) is 9.84 Å². The molecule has 0 bridgehead atoms. The van der Waals surface area contributed by atoms with Gasteiger partial charge in [-0.2, -0.15) is 0 Å². The van der Waals surface area contributed by atoms with Crippen molar-refractivity contribution in [2.75, 3.05) is 5.75 Å². The van der Waals surface area contributed by atoms with Crippen LogP contribution in [0.2, 0.25) is 0 Å². The zero-order valence-electron chi connectivity index (χ0n) is 11.0. The molecule has 0 aliphatic rings. The molecule has 0 amide bonds. The Morgan fingerprint density at radius 1 is 1.20 bits per heavy atom. The summed E-state index contributed by atoms with van der Waals surface area (Å²) in [7, 11) is -3.60. The van der Waals surface area contributed by atoms with Gasteiger partial charge >= 0.3 is 0 Å². The van der Waals surface area contributed by atoms with Gasteiger partial charge in [0.05, 0.1) is 13.6 Å². The molecule has 20 heavy (non-hydrogen) atoms. The normalized spacial score (nSPS) is 11.6. The Morgan fingerprint density at radius 3 is 2.45 bits per heavy atom. The summed E-state index contributed by atoms with van der Waals surface area (Å²) >= 11 is 4.50. The highest BCUT2D eigenvalue weighted by Gasteiger charge is 2.23. The number of carbonyl (C=O) groups excluding carboxylic acids is 1. The van der Waals surface area contributed by atoms with Crippen molar-refractivity contribution in [1.82, 2.24) is 0 Å². The van der Waals surface area contributed by atoms with E-state index in [4.69, 9.17) is 0 Å². The van der Waals surface area contributed by atoms with E-state index in [1.165, 1.54) is 11.3 Å². The molecule has 0 fully saturated rings. The monoisotopic (exact) mass is 372 g/mol. The number of Topliss-reactive ketones (excluding diaryl/α,β-unsaturated/α-hetero) is 1.